The molecule has 1 heterocycles. The first-order valence-corrected chi connectivity index (χ1v) is 8.69. The quantitative estimate of drug-likeness (QED) is 0.443. The molecule has 0 spiro atoms. The Hall–Kier alpha value is -0.160. The van der Waals surface area contributed by atoms with E-state index in [1.54, 1.807) is 19.9 Å². The molecule has 0 radical (unpaired) electrons. The lowest BCUT2D eigenvalue weighted by Gasteiger charge is -2.19. The van der Waals surface area contributed by atoms with Crippen molar-refractivity contribution in [3.63, 3.8) is 0 Å². The van der Waals surface area contributed by atoms with Crippen molar-refractivity contribution in [1.29, 1.82) is 0 Å². The monoisotopic (exact) mass is 268 g/mol. The number of hydrogen-bond donors (Lipinski definition) is 0. The molecule has 0 aliphatic carbocycles. The van der Waals surface area contributed by atoms with Gasteiger partial charge in [0.15, 0.2) is 5.85 Å². The number of hydrogen-bond acceptors (Lipinski definition) is 5. The Bertz CT molecular complexity index is 411. The summed E-state index contributed by atoms with van der Waals surface area (Å²) in [6.07, 6.45) is 3.54. The lowest BCUT2D eigenvalue weighted by atomic mass is 10.3. The molecular formula is C9H17O5PS. The molecule has 2 atom stereocenters. The van der Waals surface area contributed by atoms with E-state index in [2.05, 4.69) is 0 Å². The molecule has 16 heavy (non-hydrogen) atoms. The third-order valence-electron chi connectivity index (χ3n) is 2.06. The minimum atomic E-state index is -3.64. The molecular weight excluding hydrogens is 251 g/mol. The smallest absolute Gasteiger partial charge is 0.265 e. The molecule has 1 rings (SSSR count). The van der Waals surface area contributed by atoms with Crippen LogP contribution in [0.15, 0.2) is 11.6 Å². The van der Waals surface area contributed by atoms with Crippen molar-refractivity contribution >= 4 is 17.5 Å². The third-order valence-corrected chi connectivity index (χ3v) is 5.35. The predicted octanol–water partition coefficient (Wildman–Crippen LogP) is 1.95. The van der Waals surface area contributed by atoms with Crippen molar-refractivity contribution in [2.24, 2.45) is 0 Å². The van der Waals surface area contributed by atoms with Gasteiger partial charge < -0.3 is 4.52 Å². The van der Waals surface area contributed by atoms with Gasteiger partial charge in [0.1, 0.15) is 0 Å². The summed E-state index contributed by atoms with van der Waals surface area (Å²) in [5, 5.41) is 0. The van der Waals surface area contributed by atoms with Gasteiger partial charge in [0.25, 0.3) is 10.1 Å². The zero-order valence-corrected chi connectivity index (χ0v) is 11.4. The van der Waals surface area contributed by atoms with Crippen LogP contribution in [0.2, 0.25) is 0 Å². The van der Waals surface area contributed by atoms with Gasteiger partial charge in [0.05, 0.1) is 12.9 Å². The Kier molecular flexibility index (Phi) is 4.35. The molecule has 0 saturated carbocycles. The molecule has 0 amide bonds. The third kappa shape index (κ3) is 4.01. The highest BCUT2D eigenvalue weighted by atomic mass is 32.2. The SMILES string of the molecule is CC(C)=CC(OS(C)(=O)=O)P1(=O)CCCO1. The molecule has 0 bridgehead atoms. The molecule has 2 unspecified atom stereocenters. The van der Waals surface area contributed by atoms with Gasteiger partial charge in [-0.3, -0.25) is 8.75 Å². The van der Waals surface area contributed by atoms with Gasteiger partial charge in [-0.25, -0.2) is 0 Å². The number of rotatable bonds is 4. The first-order valence-electron chi connectivity index (χ1n) is 4.99. The molecule has 1 aliphatic heterocycles. The largest absolute Gasteiger partial charge is 0.326 e. The van der Waals surface area contributed by atoms with E-state index in [4.69, 9.17) is 8.71 Å². The summed E-state index contributed by atoms with van der Waals surface area (Å²) in [6, 6.07) is 0. The Morgan fingerprint density at radius 1 is 1.50 bits per heavy atom. The van der Waals surface area contributed by atoms with E-state index in [1.165, 1.54) is 0 Å². The average molecular weight is 268 g/mol. The van der Waals surface area contributed by atoms with Gasteiger partial charge >= 0.3 is 0 Å². The maximum absolute atomic E-state index is 12.3. The summed E-state index contributed by atoms with van der Waals surface area (Å²) >= 11 is 0. The van der Waals surface area contributed by atoms with E-state index < -0.39 is 23.3 Å². The second kappa shape index (κ2) is 5.00. The fourth-order valence-corrected chi connectivity index (χ4v) is 4.91. The highest BCUT2D eigenvalue weighted by Gasteiger charge is 2.39. The molecule has 94 valence electrons. The van der Waals surface area contributed by atoms with Crippen LogP contribution < -0.4 is 0 Å². The van der Waals surface area contributed by atoms with Gasteiger partial charge in [-0.15, -0.1) is 0 Å². The first kappa shape index (κ1) is 13.9. The van der Waals surface area contributed by atoms with Gasteiger partial charge in [0.2, 0.25) is 7.37 Å². The fraction of sp³-hybridized carbons (Fsp3) is 0.778. The van der Waals surface area contributed by atoms with Gasteiger partial charge in [-0.05, 0) is 26.3 Å². The summed E-state index contributed by atoms with van der Waals surface area (Å²) in [6.45, 7) is 3.99. The predicted molar refractivity (Wildman–Crippen MR) is 62.2 cm³/mol. The van der Waals surface area contributed by atoms with Gasteiger partial charge in [0, 0.05) is 6.16 Å². The van der Waals surface area contributed by atoms with Crippen molar-refractivity contribution in [1.82, 2.24) is 0 Å². The zero-order chi connectivity index (χ0) is 12.4. The average Bonchev–Trinajstić information content (AvgIpc) is 2.49. The van der Waals surface area contributed by atoms with Crippen LogP contribution in [0, 0.1) is 0 Å². The Morgan fingerprint density at radius 3 is 2.50 bits per heavy atom. The summed E-state index contributed by atoms with van der Waals surface area (Å²) in [5.74, 6) is -0.977. The van der Waals surface area contributed by atoms with Gasteiger partial charge in [-0.2, -0.15) is 8.42 Å². The van der Waals surface area contributed by atoms with E-state index in [0.717, 1.165) is 11.8 Å². The Morgan fingerprint density at radius 2 is 2.12 bits per heavy atom. The van der Waals surface area contributed by atoms with E-state index in [9.17, 15) is 13.0 Å². The molecule has 7 heteroatoms. The van der Waals surface area contributed by atoms with Crippen LogP contribution in [-0.2, 0) is 23.4 Å². The standard InChI is InChI=1S/C9H17O5PS/c1-8(2)7-9(14-16(3,11)12)15(10)6-4-5-13-15/h7,9H,4-6H2,1-3H3. The first-order chi connectivity index (χ1) is 7.23. The lowest BCUT2D eigenvalue weighted by Crippen LogP contribution is -2.17. The van der Waals surface area contributed by atoms with Crippen molar-refractivity contribution < 1.29 is 21.7 Å². The van der Waals surface area contributed by atoms with Crippen molar-refractivity contribution in [3.05, 3.63) is 11.6 Å². The second-order valence-corrected chi connectivity index (χ2v) is 8.34. The van der Waals surface area contributed by atoms with Crippen LogP contribution >= 0.6 is 7.37 Å². The molecule has 0 aromatic rings. The lowest BCUT2D eigenvalue weighted by molar-refractivity contribution is 0.276. The van der Waals surface area contributed by atoms with Crippen molar-refractivity contribution in [3.8, 4) is 0 Å². The molecule has 1 saturated heterocycles. The molecule has 0 aromatic heterocycles. The van der Waals surface area contributed by atoms with E-state index in [-0.39, 0.29) is 0 Å². The molecule has 0 N–H and O–H groups in total. The van der Waals surface area contributed by atoms with Crippen LogP contribution in [-0.4, -0.2) is 33.3 Å². The summed E-state index contributed by atoms with van der Waals surface area (Å²) in [7, 11) is -6.65. The Labute approximate surface area is 96.4 Å². The van der Waals surface area contributed by atoms with Crippen LogP contribution in [0.5, 0.6) is 0 Å². The Balaban J connectivity index is 2.96. The van der Waals surface area contributed by atoms with E-state index >= 15 is 0 Å². The molecule has 1 fully saturated rings. The summed E-state index contributed by atoms with van der Waals surface area (Å²) in [5.41, 5.74) is 0.847. The minimum absolute atomic E-state index is 0.372. The zero-order valence-electron chi connectivity index (χ0n) is 9.67. The maximum Gasteiger partial charge on any atom is 0.265 e. The maximum atomic E-state index is 12.3. The highest BCUT2D eigenvalue weighted by Crippen LogP contribution is 2.57. The normalized spacial score (nSPS) is 27.7. The van der Waals surface area contributed by atoms with Crippen molar-refractivity contribution in [2.45, 2.75) is 26.1 Å². The van der Waals surface area contributed by atoms with Crippen LogP contribution in [0.3, 0.4) is 0 Å². The summed E-state index contributed by atoms with van der Waals surface area (Å²) in [4.78, 5) is 0. The van der Waals surface area contributed by atoms with Crippen LogP contribution in [0.1, 0.15) is 20.3 Å². The van der Waals surface area contributed by atoms with Gasteiger partial charge in [-0.1, -0.05) is 5.57 Å². The highest BCUT2D eigenvalue weighted by molar-refractivity contribution is 7.86. The fourth-order valence-electron chi connectivity index (χ4n) is 1.44. The summed E-state index contributed by atoms with van der Waals surface area (Å²) < 4.78 is 44.5. The molecule has 0 aromatic carbocycles. The molecule has 1 aliphatic rings. The van der Waals surface area contributed by atoms with Crippen LogP contribution in [0.25, 0.3) is 0 Å². The topological polar surface area (TPSA) is 69.7 Å². The number of allylic oxidation sites excluding steroid dienone is 1. The molecule has 5 nitrogen and oxygen atoms in total. The van der Waals surface area contributed by atoms with E-state index in [0.29, 0.717) is 19.2 Å². The van der Waals surface area contributed by atoms with Crippen molar-refractivity contribution in [2.75, 3.05) is 19.0 Å². The van der Waals surface area contributed by atoms with E-state index in [1.807, 2.05) is 0 Å². The minimum Gasteiger partial charge on any atom is -0.326 e. The second-order valence-electron chi connectivity index (χ2n) is 4.07. The van der Waals surface area contributed by atoms with Crippen LogP contribution in [0.4, 0.5) is 0 Å².